The lowest BCUT2D eigenvalue weighted by Crippen LogP contribution is -2.41. The molecule has 9 nitrogen and oxygen atoms in total. The van der Waals surface area contributed by atoms with Gasteiger partial charge in [-0.25, -0.2) is 18.4 Å². The molecule has 140 valence electrons. The highest BCUT2D eigenvalue weighted by Crippen LogP contribution is 2.21. The van der Waals surface area contributed by atoms with Crippen LogP contribution in [0.15, 0.2) is 16.7 Å². The fourth-order valence-corrected chi connectivity index (χ4v) is 4.76. The molecule has 1 aliphatic rings. The van der Waals surface area contributed by atoms with Crippen LogP contribution in [0.1, 0.15) is 35.4 Å². The summed E-state index contributed by atoms with van der Waals surface area (Å²) in [6.45, 7) is 5.70. The second-order valence-electron chi connectivity index (χ2n) is 6.28. The minimum absolute atomic E-state index is 0.0000306. The van der Waals surface area contributed by atoms with Crippen molar-refractivity contribution in [1.29, 1.82) is 0 Å². The standard InChI is InChI=1S/C16H21N5O4S/c1-4-21(12-5-6-26(23,24)9-12)16(22)13-8-14(18-11(3)17-13)19-15-7-10(2)25-20-15/h7-8,12H,4-6,9H2,1-3H3,(H,17,18,19,20). The summed E-state index contributed by atoms with van der Waals surface area (Å²) in [7, 11) is -3.08. The van der Waals surface area contributed by atoms with Gasteiger partial charge in [0, 0.05) is 24.7 Å². The fourth-order valence-electron chi connectivity index (χ4n) is 3.03. The van der Waals surface area contributed by atoms with Crippen LogP contribution in [0, 0.1) is 13.8 Å². The number of rotatable bonds is 5. The molecule has 0 bridgehead atoms. The highest BCUT2D eigenvalue weighted by atomic mass is 32.2. The first-order valence-corrected chi connectivity index (χ1v) is 10.2. The van der Waals surface area contributed by atoms with Crippen molar-refractivity contribution in [3.8, 4) is 0 Å². The summed E-state index contributed by atoms with van der Waals surface area (Å²) in [5.41, 5.74) is 0.214. The molecule has 3 heterocycles. The normalized spacial score (nSPS) is 18.7. The van der Waals surface area contributed by atoms with Crippen LogP contribution in [0.25, 0.3) is 0 Å². The van der Waals surface area contributed by atoms with E-state index in [0.29, 0.717) is 36.2 Å². The molecule has 1 N–H and O–H groups in total. The van der Waals surface area contributed by atoms with Crippen molar-refractivity contribution in [2.45, 2.75) is 33.2 Å². The predicted molar refractivity (Wildman–Crippen MR) is 95.1 cm³/mol. The largest absolute Gasteiger partial charge is 0.360 e. The van der Waals surface area contributed by atoms with E-state index < -0.39 is 9.84 Å². The van der Waals surface area contributed by atoms with Crippen molar-refractivity contribution in [3.05, 3.63) is 29.4 Å². The molecule has 0 spiro atoms. The van der Waals surface area contributed by atoms with Gasteiger partial charge < -0.3 is 14.7 Å². The molecule has 1 atom stereocenters. The van der Waals surface area contributed by atoms with Crippen LogP contribution in [0.3, 0.4) is 0 Å². The van der Waals surface area contributed by atoms with Gasteiger partial charge in [-0.3, -0.25) is 4.79 Å². The molecule has 1 saturated heterocycles. The van der Waals surface area contributed by atoms with Crippen molar-refractivity contribution in [2.24, 2.45) is 0 Å². The van der Waals surface area contributed by atoms with Gasteiger partial charge in [0.05, 0.1) is 11.5 Å². The van der Waals surface area contributed by atoms with Gasteiger partial charge in [-0.2, -0.15) is 0 Å². The van der Waals surface area contributed by atoms with Gasteiger partial charge in [-0.05, 0) is 27.2 Å². The average Bonchev–Trinajstić information content (AvgIpc) is 3.12. The Morgan fingerprint density at radius 1 is 1.31 bits per heavy atom. The molecule has 3 rings (SSSR count). The van der Waals surface area contributed by atoms with Crippen LogP contribution < -0.4 is 5.32 Å². The maximum absolute atomic E-state index is 12.9. The minimum atomic E-state index is -3.08. The third-order valence-electron chi connectivity index (χ3n) is 4.19. The van der Waals surface area contributed by atoms with Gasteiger partial charge in [0.1, 0.15) is 23.1 Å². The Morgan fingerprint density at radius 3 is 2.65 bits per heavy atom. The van der Waals surface area contributed by atoms with Gasteiger partial charge in [0.25, 0.3) is 5.91 Å². The van der Waals surface area contributed by atoms with E-state index in [1.165, 1.54) is 6.07 Å². The van der Waals surface area contributed by atoms with Gasteiger partial charge in [-0.1, -0.05) is 5.16 Å². The van der Waals surface area contributed by atoms with Crippen LogP contribution in [-0.4, -0.2) is 58.4 Å². The SMILES string of the molecule is CCN(C(=O)c1cc(Nc2cc(C)on2)nc(C)n1)C1CCS(=O)(=O)C1. The van der Waals surface area contributed by atoms with Crippen molar-refractivity contribution < 1.29 is 17.7 Å². The summed E-state index contributed by atoms with van der Waals surface area (Å²) in [6, 6.07) is 2.92. The number of anilines is 2. The average molecular weight is 379 g/mol. The van der Waals surface area contributed by atoms with Crippen LogP contribution in [0.2, 0.25) is 0 Å². The number of aryl methyl sites for hydroxylation is 2. The third-order valence-corrected chi connectivity index (χ3v) is 5.94. The number of carbonyl (C=O) groups is 1. The summed E-state index contributed by atoms with van der Waals surface area (Å²) in [4.78, 5) is 23.0. The van der Waals surface area contributed by atoms with Crippen molar-refractivity contribution in [3.63, 3.8) is 0 Å². The quantitative estimate of drug-likeness (QED) is 0.830. The van der Waals surface area contributed by atoms with Crippen molar-refractivity contribution in [2.75, 3.05) is 23.4 Å². The molecule has 0 radical (unpaired) electrons. The topological polar surface area (TPSA) is 118 Å². The summed E-state index contributed by atoms with van der Waals surface area (Å²) >= 11 is 0. The lowest BCUT2D eigenvalue weighted by Gasteiger charge is -2.26. The number of aromatic nitrogens is 3. The number of carbonyl (C=O) groups excluding carboxylic acids is 1. The zero-order valence-electron chi connectivity index (χ0n) is 14.9. The van der Waals surface area contributed by atoms with E-state index in [9.17, 15) is 13.2 Å². The molecule has 1 fully saturated rings. The Kier molecular flexibility index (Phi) is 4.94. The Morgan fingerprint density at radius 2 is 2.08 bits per heavy atom. The Hall–Kier alpha value is -2.49. The lowest BCUT2D eigenvalue weighted by molar-refractivity contribution is 0.0702. The molecule has 1 amide bonds. The highest BCUT2D eigenvalue weighted by molar-refractivity contribution is 7.91. The monoisotopic (exact) mass is 379 g/mol. The summed E-state index contributed by atoms with van der Waals surface area (Å²) in [6.07, 6.45) is 0.454. The molecule has 0 aliphatic carbocycles. The lowest BCUT2D eigenvalue weighted by atomic mass is 10.2. The highest BCUT2D eigenvalue weighted by Gasteiger charge is 2.34. The molecule has 1 unspecified atom stereocenters. The van der Waals surface area contributed by atoms with Gasteiger partial charge >= 0.3 is 0 Å². The molecule has 26 heavy (non-hydrogen) atoms. The van der Waals surface area contributed by atoms with Crippen molar-refractivity contribution >= 4 is 27.4 Å². The van der Waals surface area contributed by atoms with E-state index in [1.54, 1.807) is 24.8 Å². The smallest absolute Gasteiger partial charge is 0.272 e. The number of nitrogens with one attached hydrogen (secondary N) is 1. The summed E-state index contributed by atoms with van der Waals surface area (Å²) < 4.78 is 28.5. The molecule has 10 heteroatoms. The maximum atomic E-state index is 12.9. The molecule has 0 aromatic carbocycles. The van der Waals surface area contributed by atoms with E-state index >= 15 is 0 Å². The summed E-state index contributed by atoms with van der Waals surface area (Å²) in [5, 5.41) is 6.81. The van der Waals surface area contributed by atoms with E-state index in [2.05, 4.69) is 20.4 Å². The molecule has 2 aromatic heterocycles. The van der Waals surface area contributed by atoms with E-state index in [0.717, 1.165) is 0 Å². The maximum Gasteiger partial charge on any atom is 0.272 e. The summed E-state index contributed by atoms with van der Waals surface area (Å²) in [5.74, 6) is 1.78. The molecule has 1 aliphatic heterocycles. The number of hydrogen-bond donors (Lipinski definition) is 1. The van der Waals surface area contributed by atoms with Crippen LogP contribution in [-0.2, 0) is 9.84 Å². The first-order valence-electron chi connectivity index (χ1n) is 8.35. The Balaban J connectivity index is 1.84. The van der Waals surface area contributed by atoms with Crippen molar-refractivity contribution in [1.82, 2.24) is 20.0 Å². The Labute approximate surface area is 151 Å². The molecule has 0 saturated carbocycles. The number of amides is 1. The second-order valence-corrected chi connectivity index (χ2v) is 8.51. The fraction of sp³-hybridized carbons (Fsp3) is 0.500. The van der Waals surface area contributed by atoms with E-state index in [-0.39, 0.29) is 29.1 Å². The third kappa shape index (κ3) is 4.01. The van der Waals surface area contributed by atoms with E-state index in [4.69, 9.17) is 4.52 Å². The van der Waals surface area contributed by atoms with Crippen LogP contribution >= 0.6 is 0 Å². The van der Waals surface area contributed by atoms with Gasteiger partial charge in [0.15, 0.2) is 15.7 Å². The first kappa shape index (κ1) is 18.3. The van der Waals surface area contributed by atoms with Crippen LogP contribution in [0.4, 0.5) is 11.6 Å². The van der Waals surface area contributed by atoms with E-state index in [1.807, 2.05) is 6.92 Å². The molecular weight excluding hydrogens is 358 g/mol. The Bertz CT molecular complexity index is 924. The second kappa shape index (κ2) is 7.02. The van der Waals surface area contributed by atoms with Gasteiger partial charge in [0.2, 0.25) is 0 Å². The molecule has 2 aromatic rings. The number of hydrogen-bond acceptors (Lipinski definition) is 8. The first-order chi connectivity index (χ1) is 12.3. The molecular formula is C16H21N5O4S. The van der Waals surface area contributed by atoms with Crippen LogP contribution in [0.5, 0.6) is 0 Å². The zero-order valence-corrected chi connectivity index (χ0v) is 15.7. The number of sulfone groups is 1. The van der Waals surface area contributed by atoms with Gasteiger partial charge in [-0.15, -0.1) is 0 Å². The number of nitrogens with zero attached hydrogens (tertiary/aromatic N) is 4. The predicted octanol–water partition coefficient (Wildman–Crippen LogP) is 1.47. The minimum Gasteiger partial charge on any atom is -0.360 e. The zero-order chi connectivity index (χ0) is 18.9.